The number of halogens is 2. The van der Waals surface area contributed by atoms with Gasteiger partial charge in [0.2, 0.25) is 5.95 Å². The summed E-state index contributed by atoms with van der Waals surface area (Å²) in [5, 5.41) is 2.87. The lowest BCUT2D eigenvalue weighted by Crippen LogP contribution is -1.94. The van der Waals surface area contributed by atoms with Crippen LogP contribution in [-0.2, 0) is 0 Å². The van der Waals surface area contributed by atoms with Crippen molar-refractivity contribution in [2.75, 3.05) is 11.1 Å². The molecule has 4 nitrogen and oxygen atoms in total. The zero-order chi connectivity index (χ0) is 13.4. The van der Waals surface area contributed by atoms with E-state index in [1.54, 1.807) is 18.2 Å². The molecule has 0 fully saturated rings. The molecular weight excluding hydrogens is 250 g/mol. The lowest BCUT2D eigenvalue weighted by Gasteiger charge is -2.02. The minimum absolute atomic E-state index is 0.408. The van der Waals surface area contributed by atoms with Crippen LogP contribution >= 0.6 is 0 Å². The molecule has 1 heterocycles. The Kier molecular flexibility index (Phi) is 2.56. The van der Waals surface area contributed by atoms with Crippen molar-refractivity contribution in [3.63, 3.8) is 0 Å². The van der Waals surface area contributed by atoms with Gasteiger partial charge in [-0.1, -0.05) is 0 Å². The minimum Gasteiger partial charge on any atom is -0.399 e. The molecule has 3 aromatic rings. The molecular formula is C13H10F2N4. The van der Waals surface area contributed by atoms with Gasteiger partial charge in [-0.3, -0.25) is 0 Å². The standard InChI is InChI=1S/C13H10F2N4/c14-9-3-2-8(6-10(9)15)17-13-18-11-4-1-7(16)5-12(11)19-13/h1-6H,16H2,(H2,17,18,19). The molecule has 96 valence electrons. The Morgan fingerprint density at radius 3 is 2.68 bits per heavy atom. The van der Waals surface area contributed by atoms with Crippen LogP contribution in [0.2, 0.25) is 0 Å². The van der Waals surface area contributed by atoms with Gasteiger partial charge in [0.25, 0.3) is 0 Å². The third kappa shape index (κ3) is 2.20. The predicted molar refractivity (Wildman–Crippen MR) is 70.1 cm³/mol. The van der Waals surface area contributed by atoms with E-state index in [4.69, 9.17) is 5.73 Å². The third-order valence-corrected chi connectivity index (χ3v) is 2.69. The second-order valence-electron chi connectivity index (χ2n) is 4.12. The average molecular weight is 260 g/mol. The summed E-state index contributed by atoms with van der Waals surface area (Å²) in [6, 6.07) is 8.82. The second kappa shape index (κ2) is 4.24. The zero-order valence-corrected chi connectivity index (χ0v) is 9.74. The lowest BCUT2D eigenvalue weighted by molar-refractivity contribution is 0.509. The van der Waals surface area contributed by atoms with Gasteiger partial charge in [0.05, 0.1) is 11.0 Å². The van der Waals surface area contributed by atoms with E-state index in [0.717, 1.165) is 23.2 Å². The van der Waals surface area contributed by atoms with Crippen LogP contribution in [0, 0.1) is 11.6 Å². The number of fused-ring (bicyclic) bond motifs is 1. The fourth-order valence-electron chi connectivity index (χ4n) is 1.80. The molecule has 0 spiro atoms. The molecule has 0 amide bonds. The van der Waals surface area contributed by atoms with E-state index in [0.29, 0.717) is 17.3 Å². The number of nitrogens with two attached hydrogens (primary N) is 1. The Labute approximate surface area is 107 Å². The van der Waals surface area contributed by atoms with E-state index in [1.165, 1.54) is 6.07 Å². The van der Waals surface area contributed by atoms with Gasteiger partial charge in [0.15, 0.2) is 11.6 Å². The first kappa shape index (κ1) is 11.5. The normalized spacial score (nSPS) is 10.8. The molecule has 4 N–H and O–H groups in total. The summed E-state index contributed by atoms with van der Waals surface area (Å²) in [5.74, 6) is -1.36. The molecule has 0 unspecified atom stereocenters. The van der Waals surface area contributed by atoms with E-state index in [9.17, 15) is 8.78 Å². The lowest BCUT2D eigenvalue weighted by atomic mass is 10.3. The van der Waals surface area contributed by atoms with E-state index >= 15 is 0 Å². The number of hydrogen-bond acceptors (Lipinski definition) is 3. The number of H-pyrrole nitrogens is 1. The van der Waals surface area contributed by atoms with Gasteiger partial charge in [0, 0.05) is 17.4 Å². The van der Waals surface area contributed by atoms with Crippen LogP contribution in [0.1, 0.15) is 0 Å². The van der Waals surface area contributed by atoms with Gasteiger partial charge in [-0.2, -0.15) is 0 Å². The van der Waals surface area contributed by atoms with Crippen LogP contribution < -0.4 is 11.1 Å². The number of aromatic nitrogens is 2. The number of nitrogens with zero attached hydrogens (tertiary/aromatic N) is 1. The highest BCUT2D eigenvalue weighted by Crippen LogP contribution is 2.21. The number of aromatic amines is 1. The number of hydrogen-bond donors (Lipinski definition) is 3. The van der Waals surface area contributed by atoms with Gasteiger partial charge in [-0.05, 0) is 30.3 Å². The van der Waals surface area contributed by atoms with Crippen molar-refractivity contribution in [3.05, 3.63) is 48.0 Å². The topological polar surface area (TPSA) is 66.7 Å². The van der Waals surface area contributed by atoms with Crippen molar-refractivity contribution >= 4 is 28.4 Å². The van der Waals surface area contributed by atoms with Crippen LogP contribution in [0.15, 0.2) is 36.4 Å². The van der Waals surface area contributed by atoms with Gasteiger partial charge >= 0.3 is 0 Å². The Balaban J connectivity index is 1.94. The van der Waals surface area contributed by atoms with Crippen molar-refractivity contribution in [2.45, 2.75) is 0 Å². The van der Waals surface area contributed by atoms with Crippen molar-refractivity contribution in [3.8, 4) is 0 Å². The van der Waals surface area contributed by atoms with Gasteiger partial charge in [0.1, 0.15) is 0 Å². The molecule has 0 radical (unpaired) electrons. The number of anilines is 3. The largest absolute Gasteiger partial charge is 0.399 e. The molecule has 19 heavy (non-hydrogen) atoms. The molecule has 0 atom stereocenters. The third-order valence-electron chi connectivity index (χ3n) is 2.69. The van der Waals surface area contributed by atoms with Crippen molar-refractivity contribution < 1.29 is 8.78 Å². The van der Waals surface area contributed by atoms with Crippen molar-refractivity contribution in [2.24, 2.45) is 0 Å². The maximum absolute atomic E-state index is 13.1. The summed E-state index contributed by atoms with van der Waals surface area (Å²) >= 11 is 0. The van der Waals surface area contributed by atoms with Crippen LogP contribution in [0.4, 0.5) is 26.1 Å². The van der Waals surface area contributed by atoms with Gasteiger partial charge < -0.3 is 16.0 Å². The molecule has 0 saturated carbocycles. The molecule has 6 heteroatoms. The summed E-state index contributed by atoms with van der Waals surface area (Å²) < 4.78 is 25.9. The molecule has 0 aliphatic carbocycles. The number of benzene rings is 2. The molecule has 3 rings (SSSR count). The SMILES string of the molecule is Nc1ccc2nc(Nc3ccc(F)c(F)c3)[nH]c2c1. The molecule has 0 aliphatic rings. The Morgan fingerprint density at radius 1 is 1.05 bits per heavy atom. The fourth-order valence-corrected chi connectivity index (χ4v) is 1.80. The summed E-state index contributed by atoms with van der Waals surface area (Å²) in [6.07, 6.45) is 0. The quantitative estimate of drug-likeness (QED) is 0.620. The number of imidazole rings is 1. The first-order chi connectivity index (χ1) is 9.11. The maximum Gasteiger partial charge on any atom is 0.205 e. The van der Waals surface area contributed by atoms with E-state index in [2.05, 4.69) is 15.3 Å². The number of nitrogen functional groups attached to an aromatic ring is 1. The highest BCUT2D eigenvalue weighted by molar-refractivity contribution is 5.81. The molecule has 0 aliphatic heterocycles. The van der Waals surface area contributed by atoms with E-state index in [1.807, 2.05) is 0 Å². The second-order valence-corrected chi connectivity index (χ2v) is 4.12. The van der Waals surface area contributed by atoms with Crippen molar-refractivity contribution in [1.82, 2.24) is 9.97 Å². The van der Waals surface area contributed by atoms with Crippen LogP contribution in [0.5, 0.6) is 0 Å². The van der Waals surface area contributed by atoms with Crippen LogP contribution in [-0.4, -0.2) is 9.97 Å². The smallest absolute Gasteiger partial charge is 0.205 e. The summed E-state index contributed by atoms with van der Waals surface area (Å²) in [5.41, 5.74) is 8.20. The molecule has 2 aromatic carbocycles. The highest BCUT2D eigenvalue weighted by Gasteiger charge is 2.06. The highest BCUT2D eigenvalue weighted by atomic mass is 19.2. The first-order valence-electron chi connectivity index (χ1n) is 5.59. The van der Waals surface area contributed by atoms with Crippen molar-refractivity contribution in [1.29, 1.82) is 0 Å². The Morgan fingerprint density at radius 2 is 1.89 bits per heavy atom. The monoisotopic (exact) mass is 260 g/mol. The Bertz CT molecular complexity index is 751. The van der Waals surface area contributed by atoms with Crippen LogP contribution in [0.25, 0.3) is 11.0 Å². The molecule has 0 saturated heterocycles. The van der Waals surface area contributed by atoms with E-state index < -0.39 is 11.6 Å². The molecule has 1 aromatic heterocycles. The van der Waals surface area contributed by atoms with Gasteiger partial charge in [-0.15, -0.1) is 0 Å². The van der Waals surface area contributed by atoms with Gasteiger partial charge in [-0.25, -0.2) is 13.8 Å². The summed E-state index contributed by atoms with van der Waals surface area (Å²) in [6.45, 7) is 0. The average Bonchev–Trinajstić information content (AvgIpc) is 2.75. The maximum atomic E-state index is 13.1. The fraction of sp³-hybridized carbons (Fsp3) is 0. The summed E-state index contributed by atoms with van der Waals surface area (Å²) in [7, 11) is 0. The number of rotatable bonds is 2. The minimum atomic E-state index is -0.912. The summed E-state index contributed by atoms with van der Waals surface area (Å²) in [4.78, 5) is 7.26. The zero-order valence-electron chi connectivity index (χ0n) is 9.74. The number of nitrogens with one attached hydrogen (secondary N) is 2. The Hall–Kier alpha value is -2.63. The predicted octanol–water partition coefficient (Wildman–Crippen LogP) is 3.17. The molecule has 0 bridgehead atoms. The van der Waals surface area contributed by atoms with Crippen LogP contribution in [0.3, 0.4) is 0 Å². The first-order valence-corrected chi connectivity index (χ1v) is 5.59. The van der Waals surface area contributed by atoms with E-state index in [-0.39, 0.29) is 0 Å².